The second kappa shape index (κ2) is 11.7. The number of nitrogens with one attached hydrogen (secondary N) is 2. The number of imidazole rings is 1. The zero-order valence-corrected chi connectivity index (χ0v) is 20.8. The molecule has 0 radical (unpaired) electrons. The lowest BCUT2D eigenvalue weighted by atomic mass is 10.1. The van der Waals surface area contributed by atoms with Crippen LogP contribution < -0.4 is 10.6 Å². The van der Waals surface area contributed by atoms with E-state index in [2.05, 4.69) is 20.6 Å². The number of benzene rings is 3. The Kier molecular flexibility index (Phi) is 7.73. The SMILES string of the molecule is O=C(Nc1ccc(CCCn2cnc(CO)c2CO)cc1)c1ccc(Nc2ccnc3ccccc23)cc1. The number of pyridine rings is 1. The summed E-state index contributed by atoms with van der Waals surface area (Å²) >= 11 is 0. The van der Waals surface area contributed by atoms with Gasteiger partial charge >= 0.3 is 0 Å². The Morgan fingerprint density at radius 2 is 1.61 bits per heavy atom. The fourth-order valence-electron chi connectivity index (χ4n) is 4.43. The Morgan fingerprint density at radius 3 is 2.37 bits per heavy atom. The molecule has 8 nitrogen and oxygen atoms in total. The molecular formula is C30H29N5O3. The number of anilines is 3. The van der Waals surface area contributed by atoms with E-state index >= 15 is 0 Å². The van der Waals surface area contributed by atoms with Gasteiger partial charge in [-0.05, 0) is 66.9 Å². The number of hydrogen-bond donors (Lipinski definition) is 4. The molecule has 8 heteroatoms. The Labute approximate surface area is 220 Å². The van der Waals surface area contributed by atoms with Gasteiger partial charge in [-0.3, -0.25) is 9.78 Å². The number of rotatable bonds is 10. The molecule has 0 aliphatic rings. The molecule has 5 aromatic rings. The van der Waals surface area contributed by atoms with Crippen molar-refractivity contribution >= 4 is 33.9 Å². The van der Waals surface area contributed by atoms with E-state index in [-0.39, 0.29) is 19.1 Å². The second-order valence-corrected chi connectivity index (χ2v) is 8.98. The maximum absolute atomic E-state index is 12.8. The smallest absolute Gasteiger partial charge is 0.255 e. The summed E-state index contributed by atoms with van der Waals surface area (Å²) in [6, 6.07) is 25.1. The van der Waals surface area contributed by atoms with Gasteiger partial charge in [0.2, 0.25) is 0 Å². The molecule has 4 N–H and O–H groups in total. The van der Waals surface area contributed by atoms with E-state index in [4.69, 9.17) is 0 Å². The zero-order chi connectivity index (χ0) is 26.3. The molecule has 0 aliphatic heterocycles. The van der Waals surface area contributed by atoms with Crippen LogP contribution in [0.1, 0.15) is 33.7 Å². The van der Waals surface area contributed by atoms with E-state index in [9.17, 15) is 15.0 Å². The lowest BCUT2D eigenvalue weighted by Gasteiger charge is -2.11. The average Bonchev–Trinajstić information content (AvgIpc) is 3.36. The number of carbonyl (C=O) groups excluding carboxylic acids is 1. The molecule has 2 heterocycles. The molecule has 0 fully saturated rings. The number of para-hydroxylation sites is 1. The molecule has 3 aromatic carbocycles. The van der Waals surface area contributed by atoms with Gasteiger partial charge in [-0.15, -0.1) is 0 Å². The van der Waals surface area contributed by atoms with Crippen molar-refractivity contribution in [2.45, 2.75) is 32.6 Å². The van der Waals surface area contributed by atoms with Crippen LogP contribution in [0.2, 0.25) is 0 Å². The summed E-state index contributed by atoms with van der Waals surface area (Å²) in [5.74, 6) is -0.171. The highest BCUT2D eigenvalue weighted by molar-refractivity contribution is 6.04. The first-order valence-electron chi connectivity index (χ1n) is 12.5. The Morgan fingerprint density at radius 1 is 0.842 bits per heavy atom. The molecule has 5 rings (SSSR count). The van der Waals surface area contributed by atoms with Crippen LogP contribution in [0.4, 0.5) is 17.1 Å². The minimum atomic E-state index is -0.180. The maximum Gasteiger partial charge on any atom is 0.255 e. The number of carbonyl (C=O) groups is 1. The van der Waals surface area contributed by atoms with Gasteiger partial charge in [-0.1, -0.05) is 30.3 Å². The van der Waals surface area contributed by atoms with Crippen molar-refractivity contribution in [3.63, 3.8) is 0 Å². The normalized spacial score (nSPS) is 11.0. The van der Waals surface area contributed by atoms with Crippen molar-refractivity contribution in [1.29, 1.82) is 0 Å². The summed E-state index contributed by atoms with van der Waals surface area (Å²) in [4.78, 5) is 21.3. The van der Waals surface area contributed by atoms with E-state index in [0.29, 0.717) is 23.5 Å². The van der Waals surface area contributed by atoms with Gasteiger partial charge in [0.15, 0.2) is 0 Å². The topological polar surface area (TPSA) is 112 Å². The maximum atomic E-state index is 12.8. The van der Waals surface area contributed by atoms with Gasteiger partial charge in [-0.25, -0.2) is 4.98 Å². The van der Waals surface area contributed by atoms with E-state index in [0.717, 1.165) is 46.4 Å². The van der Waals surface area contributed by atoms with Crippen LogP contribution in [0, 0.1) is 0 Å². The lowest BCUT2D eigenvalue weighted by Crippen LogP contribution is -2.11. The van der Waals surface area contributed by atoms with Crippen molar-refractivity contribution in [3.8, 4) is 0 Å². The molecule has 0 bridgehead atoms. The molecule has 0 spiro atoms. The van der Waals surface area contributed by atoms with E-state index < -0.39 is 0 Å². The van der Waals surface area contributed by atoms with Gasteiger partial charge in [0.05, 0.1) is 36.4 Å². The second-order valence-electron chi connectivity index (χ2n) is 8.98. The molecule has 0 saturated carbocycles. The number of aryl methyl sites for hydroxylation is 2. The molecule has 0 unspecified atom stereocenters. The van der Waals surface area contributed by atoms with Gasteiger partial charge in [0.25, 0.3) is 5.91 Å². The highest BCUT2D eigenvalue weighted by atomic mass is 16.3. The number of hydrogen-bond acceptors (Lipinski definition) is 6. The summed E-state index contributed by atoms with van der Waals surface area (Å²) in [6.45, 7) is 0.370. The summed E-state index contributed by atoms with van der Waals surface area (Å²) in [7, 11) is 0. The predicted octanol–water partition coefficient (Wildman–Crippen LogP) is 5.04. The molecule has 0 atom stereocenters. The van der Waals surface area contributed by atoms with Crippen molar-refractivity contribution in [1.82, 2.24) is 14.5 Å². The Hall–Kier alpha value is -4.53. The van der Waals surface area contributed by atoms with Gasteiger partial charge in [-0.2, -0.15) is 0 Å². The van der Waals surface area contributed by atoms with Crippen LogP contribution in [-0.2, 0) is 26.2 Å². The summed E-state index contributed by atoms with van der Waals surface area (Å²) in [5, 5.41) is 26.2. The lowest BCUT2D eigenvalue weighted by molar-refractivity contribution is 0.102. The average molecular weight is 508 g/mol. The monoisotopic (exact) mass is 507 g/mol. The number of aromatic nitrogens is 3. The first-order valence-corrected chi connectivity index (χ1v) is 12.5. The fourth-order valence-corrected chi connectivity index (χ4v) is 4.43. The third-order valence-corrected chi connectivity index (χ3v) is 6.48. The molecule has 1 amide bonds. The summed E-state index contributed by atoms with van der Waals surface area (Å²) in [5.41, 5.74) is 6.38. The largest absolute Gasteiger partial charge is 0.390 e. The zero-order valence-electron chi connectivity index (χ0n) is 20.8. The number of amides is 1. The van der Waals surface area contributed by atoms with Gasteiger partial charge < -0.3 is 25.4 Å². The Bertz CT molecular complexity index is 1520. The Balaban J connectivity index is 1.15. The first kappa shape index (κ1) is 25.1. The fraction of sp³-hybridized carbons (Fsp3) is 0.167. The van der Waals surface area contributed by atoms with Gasteiger partial charge in [0.1, 0.15) is 0 Å². The van der Waals surface area contributed by atoms with Crippen LogP contribution >= 0.6 is 0 Å². The van der Waals surface area contributed by atoms with Crippen molar-refractivity contribution in [3.05, 3.63) is 114 Å². The molecule has 2 aromatic heterocycles. The molecule has 192 valence electrons. The number of aliphatic hydroxyl groups is 2. The molecule has 38 heavy (non-hydrogen) atoms. The number of fused-ring (bicyclic) bond motifs is 1. The van der Waals surface area contributed by atoms with Crippen LogP contribution in [0.5, 0.6) is 0 Å². The van der Waals surface area contributed by atoms with Crippen molar-refractivity contribution in [2.24, 2.45) is 0 Å². The van der Waals surface area contributed by atoms with Crippen molar-refractivity contribution in [2.75, 3.05) is 10.6 Å². The molecule has 0 aliphatic carbocycles. The first-order chi connectivity index (χ1) is 18.6. The minimum absolute atomic E-state index is 0.147. The van der Waals surface area contributed by atoms with E-state index in [1.54, 1.807) is 24.7 Å². The highest BCUT2D eigenvalue weighted by Crippen LogP contribution is 2.25. The quantitative estimate of drug-likeness (QED) is 0.211. The third-order valence-electron chi connectivity index (χ3n) is 6.48. The molecule has 0 saturated heterocycles. The van der Waals surface area contributed by atoms with Gasteiger partial charge in [0, 0.05) is 40.8 Å². The van der Waals surface area contributed by atoms with Crippen LogP contribution in [0.25, 0.3) is 10.9 Å². The minimum Gasteiger partial charge on any atom is -0.390 e. The highest BCUT2D eigenvalue weighted by Gasteiger charge is 2.10. The van der Waals surface area contributed by atoms with Crippen LogP contribution in [-0.4, -0.2) is 30.7 Å². The molecular weight excluding hydrogens is 478 g/mol. The number of nitrogens with zero attached hydrogens (tertiary/aromatic N) is 3. The van der Waals surface area contributed by atoms with Crippen molar-refractivity contribution < 1.29 is 15.0 Å². The summed E-state index contributed by atoms with van der Waals surface area (Å²) < 4.78 is 1.88. The van der Waals surface area contributed by atoms with E-state index in [1.165, 1.54) is 0 Å². The van der Waals surface area contributed by atoms with E-state index in [1.807, 2.05) is 71.3 Å². The number of aliphatic hydroxyl groups excluding tert-OH is 2. The summed E-state index contributed by atoms with van der Waals surface area (Å²) in [6.07, 6.45) is 5.13. The predicted molar refractivity (Wildman–Crippen MR) is 148 cm³/mol. The van der Waals surface area contributed by atoms with Crippen LogP contribution in [0.3, 0.4) is 0 Å². The standard InChI is InChI=1S/C30H29N5O3/c36-18-28-29(19-37)35(20-32-28)17-3-4-21-7-11-24(12-8-21)34-30(38)22-9-13-23(14-10-22)33-27-15-16-31-26-6-2-1-5-25(26)27/h1-2,5-16,20,36-37H,3-4,17-19H2,(H,31,33)(H,34,38). The van der Waals surface area contributed by atoms with Crippen LogP contribution in [0.15, 0.2) is 91.4 Å². The third kappa shape index (κ3) is 5.72.